The van der Waals surface area contributed by atoms with Crippen molar-refractivity contribution in [3.63, 3.8) is 0 Å². The molecule has 4 nitrogen and oxygen atoms in total. The molecule has 1 aromatic rings. The van der Waals surface area contributed by atoms with Crippen LogP contribution in [0.15, 0.2) is 12.1 Å². The molecule has 2 heterocycles. The van der Waals surface area contributed by atoms with Crippen molar-refractivity contribution in [2.75, 3.05) is 13.2 Å². The lowest BCUT2D eigenvalue weighted by molar-refractivity contribution is -0.276. The number of hydrogen-bond donors (Lipinski definition) is 0. The van der Waals surface area contributed by atoms with Crippen LogP contribution < -0.4 is 9.47 Å². The van der Waals surface area contributed by atoms with E-state index < -0.39 is 50.3 Å². The fourth-order valence-corrected chi connectivity index (χ4v) is 7.89. The third kappa shape index (κ3) is 7.74. The normalized spacial score (nSPS) is 26.4. The van der Waals surface area contributed by atoms with Gasteiger partial charge in [-0.2, -0.15) is 8.78 Å². The van der Waals surface area contributed by atoms with Crippen molar-refractivity contribution in [3.8, 4) is 11.5 Å². The highest BCUT2D eigenvalue weighted by atomic mass is 28.3. The van der Waals surface area contributed by atoms with Gasteiger partial charge in [-0.25, -0.2) is 8.78 Å². The smallest absolute Gasteiger partial charge is 0.432 e. The first-order valence-corrected chi connectivity index (χ1v) is 14.0. The summed E-state index contributed by atoms with van der Waals surface area (Å²) in [6, 6.07) is 2.76. The molecule has 194 valence electrons. The van der Waals surface area contributed by atoms with E-state index >= 15 is 0 Å². The van der Waals surface area contributed by atoms with Gasteiger partial charge in [0.05, 0.1) is 19.1 Å². The van der Waals surface area contributed by atoms with Gasteiger partial charge in [-0.15, -0.1) is 13.2 Å². The summed E-state index contributed by atoms with van der Waals surface area (Å²) >= 11 is 0. The second kappa shape index (κ2) is 11.5. The van der Waals surface area contributed by atoms with Crippen molar-refractivity contribution in [1.82, 2.24) is 0 Å². The lowest BCUT2D eigenvalue weighted by Crippen LogP contribution is -2.39. The summed E-state index contributed by atoms with van der Waals surface area (Å²) < 4.78 is 113. The van der Waals surface area contributed by atoms with Crippen LogP contribution in [-0.4, -0.2) is 40.8 Å². The molecule has 0 aromatic heterocycles. The molecule has 12 heteroatoms. The average Bonchev–Trinajstić information content (AvgIpc) is 2.75. The summed E-state index contributed by atoms with van der Waals surface area (Å²) in [5, 5.41) is 0. The molecule has 34 heavy (non-hydrogen) atoms. The van der Waals surface area contributed by atoms with Gasteiger partial charge in [0, 0.05) is 26.8 Å². The van der Waals surface area contributed by atoms with Gasteiger partial charge in [0.2, 0.25) is 5.75 Å². The third-order valence-electron chi connectivity index (χ3n) is 6.31. The molecule has 0 radical (unpaired) electrons. The fourth-order valence-electron chi connectivity index (χ4n) is 4.53. The van der Waals surface area contributed by atoms with E-state index in [2.05, 4.69) is 16.4 Å². The Bertz CT molecular complexity index is 769. The molecule has 0 bridgehead atoms. The van der Waals surface area contributed by atoms with E-state index in [9.17, 15) is 30.7 Å². The average molecular weight is 519 g/mol. The summed E-state index contributed by atoms with van der Waals surface area (Å²) in [6.45, 7) is 3.48. The molecular formula is C22H29F7O4Si. The van der Waals surface area contributed by atoms with E-state index in [0.717, 1.165) is 25.3 Å². The highest BCUT2D eigenvalue weighted by Crippen LogP contribution is 2.41. The van der Waals surface area contributed by atoms with E-state index in [1.54, 1.807) is 0 Å². The molecule has 2 aliphatic heterocycles. The van der Waals surface area contributed by atoms with Crippen LogP contribution in [0.25, 0.3) is 0 Å². The summed E-state index contributed by atoms with van der Waals surface area (Å²) in [7, 11) is -1.26. The molecule has 0 amide bonds. The molecule has 2 fully saturated rings. The zero-order valence-electron chi connectivity index (χ0n) is 18.8. The Balaban J connectivity index is 1.46. The number of alkyl halides is 5. The zero-order valence-corrected chi connectivity index (χ0v) is 20.0. The SMILES string of the molecule is CCCC1COC(CC[SiH]2CCC(C(F)(F)Oc3cc(F)c(OC(F)(F)F)c(F)c3)CC2)OC1. The van der Waals surface area contributed by atoms with E-state index in [1.165, 1.54) is 0 Å². The van der Waals surface area contributed by atoms with Gasteiger partial charge in [0.15, 0.2) is 17.9 Å². The van der Waals surface area contributed by atoms with Crippen LogP contribution in [0, 0.1) is 23.5 Å². The van der Waals surface area contributed by atoms with Crippen LogP contribution in [0.3, 0.4) is 0 Å². The van der Waals surface area contributed by atoms with E-state index in [-0.39, 0.29) is 31.3 Å². The molecular weight excluding hydrogens is 489 g/mol. The Kier molecular flexibility index (Phi) is 9.13. The molecule has 0 atom stereocenters. The molecule has 2 aliphatic rings. The van der Waals surface area contributed by atoms with Gasteiger partial charge in [-0.1, -0.05) is 31.5 Å². The highest BCUT2D eigenvalue weighted by Gasteiger charge is 2.44. The Labute approximate surface area is 195 Å². The first-order valence-electron chi connectivity index (χ1n) is 11.5. The third-order valence-corrected chi connectivity index (χ3v) is 9.76. The van der Waals surface area contributed by atoms with Crippen molar-refractivity contribution in [2.24, 2.45) is 11.8 Å². The van der Waals surface area contributed by atoms with E-state index in [1.807, 2.05) is 0 Å². The van der Waals surface area contributed by atoms with Gasteiger partial charge in [-0.05, 0) is 25.7 Å². The number of halogens is 7. The number of benzene rings is 1. The van der Waals surface area contributed by atoms with Crippen molar-refractivity contribution in [3.05, 3.63) is 23.8 Å². The van der Waals surface area contributed by atoms with Crippen LogP contribution in [0.5, 0.6) is 11.5 Å². The minimum absolute atomic E-state index is 0.203. The molecule has 2 saturated heterocycles. The van der Waals surface area contributed by atoms with Gasteiger partial charge >= 0.3 is 12.5 Å². The topological polar surface area (TPSA) is 36.9 Å². The Morgan fingerprint density at radius 3 is 2.06 bits per heavy atom. The summed E-state index contributed by atoms with van der Waals surface area (Å²) in [5.74, 6) is -6.92. The van der Waals surface area contributed by atoms with Gasteiger partial charge in [0.1, 0.15) is 5.75 Å². The quantitative estimate of drug-likeness (QED) is 0.271. The van der Waals surface area contributed by atoms with Crippen molar-refractivity contribution < 1.29 is 49.7 Å². The molecule has 3 rings (SSSR count). The standard InChI is InChI=1S/C22H29F7O4Si/c1-2-3-14-12-30-19(31-13-14)6-9-34-7-4-15(5-8-34)21(25,26)32-16-10-17(23)20(18(24)11-16)33-22(27,28)29/h10-11,14-15,19,34H,2-9,12-13H2,1H3. The number of hydrogen-bond acceptors (Lipinski definition) is 4. The molecule has 0 aliphatic carbocycles. The van der Waals surface area contributed by atoms with Crippen molar-refractivity contribution in [1.29, 1.82) is 0 Å². The lowest BCUT2D eigenvalue weighted by atomic mass is 10.0. The summed E-state index contributed by atoms with van der Waals surface area (Å²) in [4.78, 5) is 0. The summed E-state index contributed by atoms with van der Waals surface area (Å²) in [5.41, 5.74) is 0. The maximum absolute atomic E-state index is 14.6. The second-order valence-corrected chi connectivity index (χ2v) is 12.4. The Hall–Kier alpha value is -1.53. The minimum atomic E-state index is -5.33. The highest BCUT2D eigenvalue weighted by molar-refractivity contribution is 6.59. The van der Waals surface area contributed by atoms with Crippen LogP contribution >= 0.6 is 0 Å². The van der Waals surface area contributed by atoms with E-state index in [0.29, 0.717) is 31.2 Å². The van der Waals surface area contributed by atoms with Gasteiger partial charge in [0.25, 0.3) is 0 Å². The lowest BCUT2D eigenvalue weighted by Gasteiger charge is -2.34. The number of rotatable bonds is 9. The fraction of sp³-hybridized carbons (Fsp3) is 0.727. The predicted octanol–water partition coefficient (Wildman–Crippen LogP) is 6.65. The monoisotopic (exact) mass is 518 g/mol. The summed E-state index contributed by atoms with van der Waals surface area (Å²) in [6.07, 6.45) is -5.99. The Morgan fingerprint density at radius 1 is 0.941 bits per heavy atom. The second-order valence-electron chi connectivity index (χ2n) is 8.97. The first-order chi connectivity index (χ1) is 16.0. The maximum Gasteiger partial charge on any atom is 0.573 e. The zero-order chi connectivity index (χ0) is 24.9. The molecule has 1 aromatic carbocycles. The molecule has 0 saturated carbocycles. The van der Waals surface area contributed by atoms with Crippen LogP contribution in [0.1, 0.15) is 39.0 Å². The molecule has 0 unspecified atom stereocenters. The maximum atomic E-state index is 14.6. The van der Waals surface area contributed by atoms with Gasteiger partial charge in [-0.3, -0.25) is 0 Å². The van der Waals surface area contributed by atoms with Crippen molar-refractivity contribution >= 4 is 8.80 Å². The number of ether oxygens (including phenoxy) is 4. The predicted molar refractivity (Wildman–Crippen MR) is 112 cm³/mol. The molecule has 0 N–H and O–H groups in total. The van der Waals surface area contributed by atoms with E-state index in [4.69, 9.17) is 9.47 Å². The Morgan fingerprint density at radius 2 is 1.53 bits per heavy atom. The largest absolute Gasteiger partial charge is 0.573 e. The van der Waals surface area contributed by atoms with Crippen molar-refractivity contribution in [2.45, 2.75) is 75.9 Å². The van der Waals surface area contributed by atoms with Gasteiger partial charge < -0.3 is 18.9 Å². The van der Waals surface area contributed by atoms with Crippen LogP contribution in [-0.2, 0) is 9.47 Å². The minimum Gasteiger partial charge on any atom is -0.432 e. The van der Waals surface area contributed by atoms with Crippen LogP contribution in [0.4, 0.5) is 30.7 Å². The molecule has 0 spiro atoms. The first kappa shape index (κ1) is 27.1. The van der Waals surface area contributed by atoms with Crippen LogP contribution in [0.2, 0.25) is 18.1 Å².